The third-order valence-electron chi connectivity index (χ3n) is 4.69. The molecular formula is C22H21NO7. The lowest BCUT2D eigenvalue weighted by molar-refractivity contribution is -0.140. The van der Waals surface area contributed by atoms with Crippen LogP contribution < -0.4 is 5.56 Å². The van der Waals surface area contributed by atoms with E-state index in [1.807, 2.05) is 0 Å². The van der Waals surface area contributed by atoms with Gasteiger partial charge in [0.05, 0.1) is 37.7 Å². The van der Waals surface area contributed by atoms with Gasteiger partial charge in [0.1, 0.15) is 17.3 Å². The van der Waals surface area contributed by atoms with Gasteiger partial charge in [0.2, 0.25) is 0 Å². The first-order valence-electron chi connectivity index (χ1n) is 9.12. The molecule has 8 nitrogen and oxygen atoms in total. The molecule has 1 atom stereocenters. The average Bonchev–Trinajstić information content (AvgIpc) is 3.21. The topological polar surface area (TPSA) is 119 Å². The number of nitrogens with one attached hydrogen (secondary N) is 1. The molecule has 156 valence electrons. The minimum Gasteiger partial charge on any atom is -0.507 e. The molecule has 0 saturated heterocycles. The highest BCUT2D eigenvalue weighted by Crippen LogP contribution is 2.35. The standard InChI is InChI=1S/C22H21NO7/c1-12-10-16(24)20(21(26)23-12)15(11-19(25)28-2)18-9-8-17(30-18)13-4-6-14(7-5-13)22(27)29-3/h4-10,15H,11H2,1-3H3,(H2,23,24,26). The van der Waals surface area contributed by atoms with Gasteiger partial charge in [-0.05, 0) is 37.3 Å². The molecule has 30 heavy (non-hydrogen) atoms. The summed E-state index contributed by atoms with van der Waals surface area (Å²) in [6.45, 7) is 1.64. The second kappa shape index (κ2) is 8.69. The highest BCUT2D eigenvalue weighted by molar-refractivity contribution is 5.89. The van der Waals surface area contributed by atoms with Crippen LogP contribution in [-0.2, 0) is 14.3 Å². The number of aromatic hydroxyl groups is 1. The van der Waals surface area contributed by atoms with Gasteiger partial charge in [-0.1, -0.05) is 12.1 Å². The molecule has 0 aliphatic carbocycles. The summed E-state index contributed by atoms with van der Waals surface area (Å²) in [5, 5.41) is 10.4. The number of benzene rings is 1. The number of aryl methyl sites for hydroxylation is 1. The highest BCUT2D eigenvalue weighted by atomic mass is 16.5. The van der Waals surface area contributed by atoms with Crippen molar-refractivity contribution in [3.8, 4) is 17.1 Å². The second-order valence-electron chi connectivity index (χ2n) is 6.68. The van der Waals surface area contributed by atoms with E-state index >= 15 is 0 Å². The molecule has 0 aliphatic heterocycles. The number of carbonyl (C=O) groups excluding carboxylic acids is 2. The Hall–Kier alpha value is -3.81. The number of hydrogen-bond acceptors (Lipinski definition) is 7. The van der Waals surface area contributed by atoms with Gasteiger partial charge in [-0.2, -0.15) is 0 Å². The number of rotatable bonds is 6. The van der Waals surface area contributed by atoms with Gasteiger partial charge in [0.15, 0.2) is 0 Å². The number of furan rings is 1. The fourth-order valence-electron chi connectivity index (χ4n) is 3.20. The Kier molecular flexibility index (Phi) is 6.06. The fraction of sp³-hybridized carbons (Fsp3) is 0.227. The van der Waals surface area contributed by atoms with Crippen LogP contribution >= 0.6 is 0 Å². The van der Waals surface area contributed by atoms with Gasteiger partial charge < -0.3 is 24.0 Å². The molecule has 0 aliphatic rings. The maximum atomic E-state index is 12.5. The second-order valence-corrected chi connectivity index (χ2v) is 6.68. The number of pyridine rings is 1. The van der Waals surface area contributed by atoms with Crippen molar-refractivity contribution in [2.75, 3.05) is 14.2 Å². The van der Waals surface area contributed by atoms with Crippen molar-refractivity contribution in [1.82, 2.24) is 4.98 Å². The van der Waals surface area contributed by atoms with Gasteiger partial charge in [0.25, 0.3) is 5.56 Å². The summed E-state index contributed by atoms with van der Waals surface area (Å²) < 4.78 is 15.3. The Labute approximate surface area is 172 Å². The molecule has 0 saturated carbocycles. The summed E-state index contributed by atoms with van der Waals surface area (Å²) >= 11 is 0. The number of aromatic nitrogens is 1. The maximum Gasteiger partial charge on any atom is 0.337 e. The van der Waals surface area contributed by atoms with Crippen molar-refractivity contribution in [1.29, 1.82) is 0 Å². The summed E-state index contributed by atoms with van der Waals surface area (Å²) in [5.74, 6) is -1.29. The summed E-state index contributed by atoms with van der Waals surface area (Å²) in [5.41, 5.74) is 1.08. The summed E-state index contributed by atoms with van der Waals surface area (Å²) in [6.07, 6.45) is -0.190. The van der Waals surface area contributed by atoms with Crippen molar-refractivity contribution in [2.45, 2.75) is 19.3 Å². The number of ether oxygens (including phenoxy) is 2. The Bertz CT molecular complexity index is 1130. The molecule has 0 radical (unpaired) electrons. The van der Waals surface area contributed by atoms with Crippen LogP contribution in [0.25, 0.3) is 11.3 Å². The first-order chi connectivity index (χ1) is 14.3. The minimum atomic E-state index is -0.843. The van der Waals surface area contributed by atoms with E-state index in [1.54, 1.807) is 43.3 Å². The van der Waals surface area contributed by atoms with Crippen LogP contribution in [0.15, 0.2) is 51.7 Å². The minimum absolute atomic E-state index is 0.0212. The molecule has 0 spiro atoms. The zero-order valence-corrected chi connectivity index (χ0v) is 16.7. The van der Waals surface area contributed by atoms with Crippen LogP contribution in [0.3, 0.4) is 0 Å². The molecular weight excluding hydrogens is 390 g/mol. The molecule has 2 N–H and O–H groups in total. The third-order valence-corrected chi connectivity index (χ3v) is 4.69. The molecule has 3 aromatic rings. The van der Waals surface area contributed by atoms with Gasteiger partial charge in [0, 0.05) is 11.3 Å². The largest absolute Gasteiger partial charge is 0.507 e. The highest BCUT2D eigenvalue weighted by Gasteiger charge is 2.28. The van der Waals surface area contributed by atoms with Crippen molar-refractivity contribution >= 4 is 11.9 Å². The molecule has 2 aromatic heterocycles. The lowest BCUT2D eigenvalue weighted by Gasteiger charge is -2.15. The molecule has 3 rings (SSSR count). The maximum absolute atomic E-state index is 12.5. The van der Waals surface area contributed by atoms with E-state index in [1.165, 1.54) is 20.3 Å². The van der Waals surface area contributed by atoms with Gasteiger partial charge in [-0.15, -0.1) is 0 Å². The SMILES string of the molecule is COC(=O)CC(c1ccc(-c2ccc(C(=O)OC)cc2)o1)c1c(O)cc(C)[nH]c1=O. The van der Waals surface area contributed by atoms with Gasteiger partial charge >= 0.3 is 11.9 Å². The van der Waals surface area contributed by atoms with Crippen molar-refractivity contribution in [2.24, 2.45) is 0 Å². The Morgan fingerprint density at radius 2 is 1.80 bits per heavy atom. The molecule has 1 unspecified atom stereocenters. The Morgan fingerprint density at radius 3 is 2.40 bits per heavy atom. The van der Waals surface area contributed by atoms with Crippen LogP contribution in [-0.4, -0.2) is 36.2 Å². The van der Waals surface area contributed by atoms with E-state index < -0.39 is 23.4 Å². The summed E-state index contributed by atoms with van der Waals surface area (Å²) in [4.78, 5) is 38.7. The van der Waals surface area contributed by atoms with Crippen LogP contribution in [0.2, 0.25) is 0 Å². The van der Waals surface area contributed by atoms with Crippen LogP contribution in [0.1, 0.15) is 39.7 Å². The van der Waals surface area contributed by atoms with E-state index in [0.717, 1.165) is 0 Å². The number of H-pyrrole nitrogens is 1. The van der Waals surface area contributed by atoms with E-state index in [-0.39, 0.29) is 17.7 Å². The molecule has 0 fully saturated rings. The lowest BCUT2D eigenvalue weighted by Crippen LogP contribution is -2.20. The lowest BCUT2D eigenvalue weighted by atomic mass is 9.93. The quantitative estimate of drug-likeness (QED) is 0.598. The number of esters is 2. The third kappa shape index (κ3) is 4.27. The molecule has 0 bridgehead atoms. The zero-order chi connectivity index (χ0) is 21.8. The number of aromatic amines is 1. The molecule has 2 heterocycles. The van der Waals surface area contributed by atoms with Crippen molar-refractivity contribution in [3.05, 3.63) is 75.4 Å². The summed E-state index contributed by atoms with van der Waals surface area (Å²) in [6, 6.07) is 11.3. The smallest absolute Gasteiger partial charge is 0.337 e. The Balaban J connectivity index is 2.00. The normalized spacial score (nSPS) is 11.7. The predicted octanol–water partition coefficient (Wildman–Crippen LogP) is 3.13. The number of methoxy groups -OCH3 is 2. The summed E-state index contributed by atoms with van der Waals surface area (Å²) in [7, 11) is 2.55. The van der Waals surface area contributed by atoms with E-state index in [9.17, 15) is 19.5 Å². The van der Waals surface area contributed by atoms with Crippen molar-refractivity contribution in [3.63, 3.8) is 0 Å². The van der Waals surface area contributed by atoms with E-state index in [4.69, 9.17) is 9.15 Å². The number of hydrogen-bond donors (Lipinski definition) is 2. The zero-order valence-electron chi connectivity index (χ0n) is 16.7. The van der Waals surface area contributed by atoms with E-state index in [2.05, 4.69) is 9.72 Å². The number of carbonyl (C=O) groups is 2. The van der Waals surface area contributed by atoms with Crippen LogP contribution in [0.4, 0.5) is 0 Å². The molecule has 1 aromatic carbocycles. The Morgan fingerprint density at radius 1 is 1.10 bits per heavy atom. The van der Waals surface area contributed by atoms with Gasteiger partial charge in [-0.25, -0.2) is 4.79 Å². The first-order valence-corrected chi connectivity index (χ1v) is 9.12. The fourth-order valence-corrected chi connectivity index (χ4v) is 3.20. The monoisotopic (exact) mass is 411 g/mol. The van der Waals surface area contributed by atoms with Crippen molar-refractivity contribution < 1.29 is 28.6 Å². The van der Waals surface area contributed by atoms with Crippen LogP contribution in [0.5, 0.6) is 5.75 Å². The first kappa shape index (κ1) is 20.9. The molecule has 0 amide bonds. The predicted molar refractivity (Wildman–Crippen MR) is 107 cm³/mol. The van der Waals surface area contributed by atoms with Gasteiger partial charge in [-0.3, -0.25) is 9.59 Å². The van der Waals surface area contributed by atoms with E-state index in [0.29, 0.717) is 28.3 Å². The average molecular weight is 411 g/mol. The molecule has 8 heteroatoms. The van der Waals surface area contributed by atoms with Crippen LogP contribution in [0, 0.1) is 6.92 Å².